The summed E-state index contributed by atoms with van der Waals surface area (Å²) in [4.78, 5) is 0. The summed E-state index contributed by atoms with van der Waals surface area (Å²) in [6, 6.07) is 29.3. The molecule has 1 saturated heterocycles. The zero-order chi connectivity index (χ0) is 22.9. The molecule has 1 unspecified atom stereocenters. The van der Waals surface area contributed by atoms with Crippen molar-refractivity contribution in [1.82, 2.24) is 0 Å². The van der Waals surface area contributed by atoms with Crippen molar-refractivity contribution in [3.8, 4) is 0 Å². The Kier molecular flexibility index (Phi) is 8.60. The molecule has 5 atom stereocenters. The predicted octanol–water partition coefficient (Wildman–Crippen LogP) is 3.45. The zero-order valence-corrected chi connectivity index (χ0v) is 18.4. The van der Waals surface area contributed by atoms with Gasteiger partial charge in [-0.2, -0.15) is 0 Å². The van der Waals surface area contributed by atoms with Crippen LogP contribution >= 0.6 is 0 Å². The van der Waals surface area contributed by atoms with Gasteiger partial charge in [0.2, 0.25) is 0 Å². The van der Waals surface area contributed by atoms with E-state index < -0.39 is 30.7 Å². The molecule has 0 saturated carbocycles. The van der Waals surface area contributed by atoms with Gasteiger partial charge in [0, 0.05) is 0 Å². The molecular weight excluding hydrogens is 420 g/mol. The summed E-state index contributed by atoms with van der Waals surface area (Å²) in [5.74, 6) is 0. The van der Waals surface area contributed by atoms with Crippen molar-refractivity contribution in [2.45, 2.75) is 50.5 Å². The van der Waals surface area contributed by atoms with Crippen molar-refractivity contribution in [2.75, 3.05) is 6.61 Å². The maximum atomic E-state index is 10.7. The van der Waals surface area contributed by atoms with Crippen LogP contribution < -0.4 is 0 Å². The Morgan fingerprint density at radius 2 is 0.970 bits per heavy atom. The van der Waals surface area contributed by atoms with E-state index in [2.05, 4.69) is 0 Å². The molecule has 0 aliphatic carbocycles. The minimum absolute atomic E-state index is 0.284. The standard InChI is InChI=1S/C27H30O6/c28-16-23-24(30-17-20-10-4-1-5-11-20)25(31-18-21-12-6-2-7-13-21)26(27(29)33-23)32-19-22-14-8-3-9-15-22/h1-15,23-29H,16-19H2/t23-,24-,25+,26-,27?/m1/s1. The Balaban J connectivity index is 1.53. The van der Waals surface area contributed by atoms with Crippen molar-refractivity contribution < 1.29 is 29.2 Å². The van der Waals surface area contributed by atoms with Gasteiger partial charge in [-0.25, -0.2) is 0 Å². The van der Waals surface area contributed by atoms with Gasteiger partial charge in [0.15, 0.2) is 6.29 Å². The number of aliphatic hydroxyl groups excluding tert-OH is 2. The maximum Gasteiger partial charge on any atom is 0.184 e. The van der Waals surface area contributed by atoms with E-state index in [1.54, 1.807) is 0 Å². The molecule has 0 bridgehead atoms. The summed E-state index contributed by atoms with van der Waals surface area (Å²) in [6.07, 6.45) is -4.09. The fraction of sp³-hybridized carbons (Fsp3) is 0.333. The quantitative estimate of drug-likeness (QED) is 0.493. The molecule has 1 aliphatic heterocycles. The van der Waals surface area contributed by atoms with Crippen LogP contribution in [-0.2, 0) is 38.8 Å². The van der Waals surface area contributed by atoms with Crippen LogP contribution in [0, 0.1) is 0 Å². The van der Waals surface area contributed by atoms with E-state index in [4.69, 9.17) is 18.9 Å². The van der Waals surface area contributed by atoms with Crippen molar-refractivity contribution in [3.05, 3.63) is 108 Å². The van der Waals surface area contributed by atoms with Crippen LogP contribution in [0.15, 0.2) is 91.0 Å². The number of benzene rings is 3. The fourth-order valence-corrected chi connectivity index (χ4v) is 3.91. The van der Waals surface area contributed by atoms with Gasteiger partial charge in [-0.1, -0.05) is 91.0 Å². The molecule has 0 aromatic heterocycles. The Labute approximate surface area is 194 Å². The van der Waals surface area contributed by atoms with E-state index in [-0.39, 0.29) is 13.2 Å². The van der Waals surface area contributed by atoms with E-state index in [1.165, 1.54) is 0 Å². The first-order valence-corrected chi connectivity index (χ1v) is 11.2. The van der Waals surface area contributed by atoms with Gasteiger partial charge in [-0.15, -0.1) is 0 Å². The molecule has 1 aliphatic rings. The lowest BCUT2D eigenvalue weighted by atomic mass is 9.98. The van der Waals surface area contributed by atoms with Crippen molar-refractivity contribution in [1.29, 1.82) is 0 Å². The summed E-state index contributed by atoms with van der Waals surface area (Å²) in [6.45, 7) is 0.601. The molecule has 1 fully saturated rings. The first kappa shape index (κ1) is 23.6. The zero-order valence-electron chi connectivity index (χ0n) is 18.4. The molecule has 0 amide bonds. The van der Waals surface area contributed by atoms with Crippen LogP contribution in [0.2, 0.25) is 0 Å². The second-order valence-corrected chi connectivity index (χ2v) is 8.03. The van der Waals surface area contributed by atoms with Crippen molar-refractivity contribution in [2.24, 2.45) is 0 Å². The molecule has 2 N–H and O–H groups in total. The molecule has 6 nitrogen and oxygen atoms in total. The van der Waals surface area contributed by atoms with E-state index in [0.29, 0.717) is 13.2 Å². The minimum Gasteiger partial charge on any atom is -0.394 e. The molecule has 3 aromatic rings. The normalized spacial score (nSPS) is 25.1. The third kappa shape index (κ3) is 6.48. The molecule has 174 valence electrons. The van der Waals surface area contributed by atoms with E-state index in [0.717, 1.165) is 16.7 Å². The van der Waals surface area contributed by atoms with Crippen LogP contribution in [0.4, 0.5) is 0 Å². The highest BCUT2D eigenvalue weighted by Gasteiger charge is 2.47. The lowest BCUT2D eigenvalue weighted by Crippen LogP contribution is -2.61. The van der Waals surface area contributed by atoms with Crippen LogP contribution in [0.5, 0.6) is 0 Å². The fourth-order valence-electron chi connectivity index (χ4n) is 3.91. The Bertz CT molecular complexity index is 937. The van der Waals surface area contributed by atoms with Gasteiger partial charge in [0.1, 0.15) is 24.4 Å². The molecule has 1 heterocycles. The van der Waals surface area contributed by atoms with Crippen LogP contribution in [0.1, 0.15) is 16.7 Å². The highest BCUT2D eigenvalue weighted by molar-refractivity contribution is 5.15. The lowest BCUT2D eigenvalue weighted by Gasteiger charge is -2.44. The molecule has 4 rings (SSSR count). The number of ether oxygens (including phenoxy) is 4. The van der Waals surface area contributed by atoms with Gasteiger partial charge in [0.05, 0.1) is 26.4 Å². The van der Waals surface area contributed by atoms with Crippen LogP contribution in [0.25, 0.3) is 0 Å². The summed E-state index contributed by atoms with van der Waals surface area (Å²) < 4.78 is 24.3. The minimum atomic E-state index is -1.26. The molecule has 33 heavy (non-hydrogen) atoms. The van der Waals surface area contributed by atoms with Crippen LogP contribution in [-0.4, -0.2) is 47.5 Å². The predicted molar refractivity (Wildman–Crippen MR) is 123 cm³/mol. The Morgan fingerprint density at radius 1 is 0.576 bits per heavy atom. The average molecular weight is 451 g/mol. The summed E-state index contributed by atoms with van der Waals surface area (Å²) in [5, 5.41) is 20.7. The topological polar surface area (TPSA) is 77.4 Å². The smallest absolute Gasteiger partial charge is 0.184 e. The average Bonchev–Trinajstić information content (AvgIpc) is 2.87. The lowest BCUT2D eigenvalue weighted by molar-refractivity contribution is -0.315. The number of aliphatic hydroxyl groups is 2. The third-order valence-corrected chi connectivity index (χ3v) is 5.65. The van der Waals surface area contributed by atoms with Gasteiger partial charge in [-0.3, -0.25) is 0 Å². The van der Waals surface area contributed by atoms with E-state index in [1.807, 2.05) is 91.0 Å². The molecule has 3 aromatic carbocycles. The maximum absolute atomic E-state index is 10.7. The first-order chi connectivity index (χ1) is 16.2. The highest BCUT2D eigenvalue weighted by Crippen LogP contribution is 2.29. The van der Waals surface area contributed by atoms with Gasteiger partial charge in [0.25, 0.3) is 0 Å². The van der Waals surface area contributed by atoms with Crippen molar-refractivity contribution in [3.63, 3.8) is 0 Å². The molecule has 0 radical (unpaired) electrons. The molecular formula is C27H30O6. The van der Waals surface area contributed by atoms with Crippen molar-refractivity contribution >= 4 is 0 Å². The summed E-state index contributed by atoms with van der Waals surface area (Å²) in [7, 11) is 0. The van der Waals surface area contributed by atoms with Gasteiger partial charge in [-0.05, 0) is 16.7 Å². The van der Waals surface area contributed by atoms with E-state index in [9.17, 15) is 10.2 Å². The van der Waals surface area contributed by atoms with E-state index >= 15 is 0 Å². The number of hydrogen-bond acceptors (Lipinski definition) is 6. The molecule has 6 heteroatoms. The van der Waals surface area contributed by atoms with Gasteiger partial charge < -0.3 is 29.2 Å². The van der Waals surface area contributed by atoms with Gasteiger partial charge >= 0.3 is 0 Å². The van der Waals surface area contributed by atoms with Crippen LogP contribution in [0.3, 0.4) is 0 Å². The highest BCUT2D eigenvalue weighted by atomic mass is 16.7. The summed E-state index contributed by atoms with van der Waals surface area (Å²) in [5.41, 5.74) is 2.95. The number of rotatable bonds is 10. The second kappa shape index (κ2) is 12.0. The number of hydrogen-bond donors (Lipinski definition) is 2. The third-order valence-electron chi connectivity index (χ3n) is 5.65. The largest absolute Gasteiger partial charge is 0.394 e. The monoisotopic (exact) mass is 450 g/mol. The Hall–Kier alpha value is -2.58. The SMILES string of the molecule is OC[C@H]1OC(O)[C@H](OCc2ccccc2)[C@@H](OCc2ccccc2)[C@@H]1OCc1ccccc1. The summed E-state index contributed by atoms with van der Waals surface area (Å²) >= 11 is 0. The Morgan fingerprint density at radius 3 is 1.39 bits per heavy atom. The molecule has 0 spiro atoms. The first-order valence-electron chi connectivity index (χ1n) is 11.2. The second-order valence-electron chi connectivity index (χ2n) is 8.03.